The lowest BCUT2D eigenvalue weighted by Gasteiger charge is -2.00. The van der Waals surface area contributed by atoms with Gasteiger partial charge < -0.3 is 5.11 Å². The zero-order chi connectivity index (χ0) is 14.5. The Balaban J connectivity index is 2.05. The van der Waals surface area contributed by atoms with E-state index in [1.807, 2.05) is 0 Å². The highest BCUT2D eigenvalue weighted by atomic mass is 32.1. The van der Waals surface area contributed by atoms with Crippen molar-refractivity contribution in [2.45, 2.75) is 0 Å². The minimum absolute atomic E-state index is 0.309. The summed E-state index contributed by atoms with van der Waals surface area (Å²) in [7, 11) is 0. The van der Waals surface area contributed by atoms with E-state index in [0.717, 1.165) is 17.4 Å². The number of carboxylic acid groups (broad SMARTS) is 1. The Kier molecular flexibility index (Phi) is 4.21. The summed E-state index contributed by atoms with van der Waals surface area (Å²) >= 11 is 1.13. The molecule has 7 heteroatoms. The molecule has 0 aliphatic heterocycles. The number of thiazole rings is 1. The first-order valence-electron chi connectivity index (χ1n) is 5.48. The molecule has 0 unspecified atom stereocenters. The van der Waals surface area contributed by atoms with Crippen LogP contribution >= 0.6 is 11.3 Å². The van der Waals surface area contributed by atoms with Crippen molar-refractivity contribution in [1.82, 2.24) is 4.98 Å². The molecule has 0 fully saturated rings. The average Bonchev–Trinajstić information content (AvgIpc) is 2.84. The van der Waals surface area contributed by atoms with E-state index >= 15 is 0 Å². The van der Waals surface area contributed by atoms with E-state index < -0.39 is 17.7 Å². The molecule has 5 nitrogen and oxygen atoms in total. The van der Waals surface area contributed by atoms with E-state index in [4.69, 9.17) is 5.11 Å². The molecule has 1 amide bonds. The van der Waals surface area contributed by atoms with Gasteiger partial charge in [-0.05, 0) is 30.3 Å². The molecule has 0 radical (unpaired) electrons. The monoisotopic (exact) mass is 292 g/mol. The summed E-state index contributed by atoms with van der Waals surface area (Å²) in [6.45, 7) is 0. The number of hydrogen-bond acceptors (Lipinski definition) is 4. The van der Waals surface area contributed by atoms with Crippen LogP contribution in [0.2, 0.25) is 0 Å². The van der Waals surface area contributed by atoms with E-state index in [9.17, 15) is 14.0 Å². The van der Waals surface area contributed by atoms with Gasteiger partial charge in [-0.2, -0.15) is 0 Å². The summed E-state index contributed by atoms with van der Waals surface area (Å²) in [5.41, 5.74) is 0.309. The number of benzene rings is 1. The number of aromatic nitrogens is 1. The third kappa shape index (κ3) is 3.72. The summed E-state index contributed by atoms with van der Waals surface area (Å²) in [5.74, 6) is -1.89. The fourth-order valence-electron chi connectivity index (χ4n) is 1.35. The second-order valence-corrected chi connectivity index (χ2v) is 4.76. The maximum absolute atomic E-state index is 12.7. The molecule has 0 atom stereocenters. The number of nitrogens with zero attached hydrogens (tertiary/aromatic N) is 1. The molecule has 0 spiro atoms. The maximum Gasteiger partial charge on any atom is 0.328 e. The van der Waals surface area contributed by atoms with Gasteiger partial charge in [-0.1, -0.05) is 11.3 Å². The van der Waals surface area contributed by atoms with E-state index in [-0.39, 0.29) is 0 Å². The van der Waals surface area contributed by atoms with Crippen LogP contribution in [0.4, 0.5) is 9.52 Å². The zero-order valence-corrected chi connectivity index (χ0v) is 10.9. The fraction of sp³-hybridized carbons (Fsp3) is 0. The number of carbonyl (C=O) groups excluding carboxylic acids is 1. The van der Waals surface area contributed by atoms with Gasteiger partial charge in [-0.3, -0.25) is 10.1 Å². The number of carboxylic acids is 1. The van der Waals surface area contributed by atoms with Crippen LogP contribution in [-0.4, -0.2) is 22.0 Å². The van der Waals surface area contributed by atoms with Gasteiger partial charge in [-0.25, -0.2) is 14.2 Å². The topological polar surface area (TPSA) is 79.3 Å². The van der Waals surface area contributed by atoms with Crippen molar-refractivity contribution < 1.29 is 19.1 Å². The fourth-order valence-corrected chi connectivity index (χ4v) is 2.06. The van der Waals surface area contributed by atoms with Crippen molar-refractivity contribution in [3.05, 3.63) is 52.8 Å². The van der Waals surface area contributed by atoms with Crippen molar-refractivity contribution >= 4 is 34.4 Å². The minimum Gasteiger partial charge on any atom is -0.478 e. The van der Waals surface area contributed by atoms with Crippen LogP contribution in [0.1, 0.15) is 15.2 Å². The van der Waals surface area contributed by atoms with Crippen LogP contribution in [0.15, 0.2) is 36.5 Å². The van der Waals surface area contributed by atoms with Gasteiger partial charge in [0.2, 0.25) is 0 Å². The van der Waals surface area contributed by atoms with E-state index in [1.54, 1.807) is 0 Å². The molecule has 1 heterocycles. The summed E-state index contributed by atoms with van der Waals surface area (Å²) in [6, 6.07) is 5.11. The first kappa shape index (κ1) is 13.9. The van der Waals surface area contributed by atoms with Gasteiger partial charge in [-0.15, -0.1) is 0 Å². The Morgan fingerprint density at radius 3 is 2.65 bits per heavy atom. The van der Waals surface area contributed by atoms with Crippen molar-refractivity contribution in [3.63, 3.8) is 0 Å². The van der Waals surface area contributed by atoms with Crippen molar-refractivity contribution in [2.24, 2.45) is 0 Å². The van der Waals surface area contributed by atoms with Gasteiger partial charge in [0.05, 0.1) is 0 Å². The Labute approximate surface area is 117 Å². The molecular weight excluding hydrogens is 283 g/mol. The third-order valence-corrected chi connectivity index (χ3v) is 3.12. The summed E-state index contributed by atoms with van der Waals surface area (Å²) < 4.78 is 12.7. The lowest BCUT2D eigenvalue weighted by atomic mass is 10.2. The number of amides is 1. The van der Waals surface area contributed by atoms with Crippen molar-refractivity contribution in [3.8, 4) is 0 Å². The highest BCUT2D eigenvalue weighted by molar-refractivity contribution is 7.16. The molecule has 0 aliphatic rings. The zero-order valence-electron chi connectivity index (χ0n) is 10.0. The lowest BCUT2D eigenvalue weighted by molar-refractivity contribution is -0.131. The first-order valence-corrected chi connectivity index (χ1v) is 6.30. The first-order chi connectivity index (χ1) is 9.54. The molecule has 2 rings (SSSR count). The molecule has 0 bridgehead atoms. The largest absolute Gasteiger partial charge is 0.478 e. The maximum atomic E-state index is 12.7. The standard InChI is InChI=1S/C13H9FN2O3S/c14-9-3-1-8(2-4-9)12(19)16-13-15-7-10(20-13)5-6-11(17)18/h1-7H,(H,17,18)(H,15,16,19). The molecular formula is C13H9FN2O3S. The Morgan fingerprint density at radius 1 is 1.30 bits per heavy atom. The third-order valence-electron chi connectivity index (χ3n) is 2.24. The Morgan fingerprint density at radius 2 is 2.00 bits per heavy atom. The Hall–Kier alpha value is -2.54. The number of rotatable bonds is 4. The molecule has 20 heavy (non-hydrogen) atoms. The molecule has 0 saturated heterocycles. The molecule has 102 valence electrons. The summed E-state index contributed by atoms with van der Waals surface area (Å²) in [5, 5.41) is 11.4. The van der Waals surface area contributed by atoms with Crippen LogP contribution in [0.3, 0.4) is 0 Å². The summed E-state index contributed by atoms with van der Waals surface area (Å²) in [4.78, 5) is 26.7. The van der Waals surface area contributed by atoms with Crippen LogP contribution in [0.25, 0.3) is 6.08 Å². The number of halogens is 1. The molecule has 2 aromatic rings. The SMILES string of the molecule is O=C(O)C=Cc1cnc(NC(=O)c2ccc(F)cc2)s1. The number of hydrogen-bond donors (Lipinski definition) is 2. The van der Waals surface area contributed by atoms with Gasteiger partial charge in [0.1, 0.15) is 5.82 Å². The lowest BCUT2D eigenvalue weighted by Crippen LogP contribution is -2.11. The highest BCUT2D eigenvalue weighted by Gasteiger charge is 2.08. The van der Waals surface area contributed by atoms with Crippen molar-refractivity contribution in [2.75, 3.05) is 5.32 Å². The molecule has 1 aromatic heterocycles. The predicted octanol–water partition coefficient (Wildman–Crippen LogP) is 2.63. The molecule has 1 aromatic carbocycles. The van der Waals surface area contributed by atoms with Gasteiger partial charge in [0.25, 0.3) is 5.91 Å². The van der Waals surface area contributed by atoms with Gasteiger partial charge >= 0.3 is 5.97 Å². The van der Waals surface area contributed by atoms with Crippen LogP contribution < -0.4 is 5.32 Å². The highest BCUT2D eigenvalue weighted by Crippen LogP contribution is 2.20. The Bertz CT molecular complexity index is 665. The predicted molar refractivity (Wildman–Crippen MR) is 73.1 cm³/mol. The molecule has 2 N–H and O–H groups in total. The second kappa shape index (κ2) is 6.07. The van der Waals surface area contributed by atoms with Crippen molar-refractivity contribution in [1.29, 1.82) is 0 Å². The van der Waals surface area contributed by atoms with Crippen LogP contribution in [0.5, 0.6) is 0 Å². The van der Waals surface area contributed by atoms with E-state index in [0.29, 0.717) is 15.6 Å². The van der Waals surface area contributed by atoms with E-state index in [2.05, 4.69) is 10.3 Å². The average molecular weight is 292 g/mol. The quantitative estimate of drug-likeness (QED) is 0.849. The molecule has 0 aliphatic carbocycles. The number of anilines is 1. The normalized spacial score (nSPS) is 10.7. The minimum atomic E-state index is -1.06. The van der Waals surface area contributed by atoms with Gasteiger partial charge in [0.15, 0.2) is 5.13 Å². The number of nitrogens with one attached hydrogen (secondary N) is 1. The second-order valence-electron chi connectivity index (χ2n) is 3.70. The van der Waals surface area contributed by atoms with Crippen LogP contribution in [-0.2, 0) is 4.79 Å². The summed E-state index contributed by atoms with van der Waals surface area (Å²) in [6.07, 6.45) is 3.82. The van der Waals surface area contributed by atoms with Gasteiger partial charge in [0, 0.05) is 22.7 Å². The van der Waals surface area contributed by atoms with E-state index in [1.165, 1.54) is 36.5 Å². The smallest absolute Gasteiger partial charge is 0.328 e. The number of aliphatic carboxylic acids is 1. The molecule has 0 saturated carbocycles. The van der Waals surface area contributed by atoms with Crippen LogP contribution in [0, 0.1) is 5.82 Å². The number of carbonyl (C=O) groups is 2.